The third-order valence-corrected chi connectivity index (χ3v) is 4.30. The summed E-state index contributed by atoms with van der Waals surface area (Å²) in [5.74, 6) is -0.601. The SMILES string of the molecule is NCCCCCCN(C(=O)C=Cc1ccccc1)C(=O)C=Cc1ccccc1. The lowest BCUT2D eigenvalue weighted by molar-refractivity contribution is -0.138. The smallest absolute Gasteiger partial charge is 0.253 e. The Hall–Kier alpha value is -2.98. The molecule has 2 aromatic carbocycles. The molecule has 0 fully saturated rings. The Morgan fingerprint density at radius 3 is 1.64 bits per heavy atom. The van der Waals surface area contributed by atoms with Crippen molar-refractivity contribution in [2.24, 2.45) is 5.73 Å². The van der Waals surface area contributed by atoms with E-state index in [1.54, 1.807) is 12.2 Å². The van der Waals surface area contributed by atoms with Gasteiger partial charge in [-0.3, -0.25) is 14.5 Å². The summed E-state index contributed by atoms with van der Waals surface area (Å²) in [6.45, 7) is 1.07. The lowest BCUT2D eigenvalue weighted by atomic mass is 10.1. The number of nitrogens with zero attached hydrogens (tertiary/aromatic N) is 1. The van der Waals surface area contributed by atoms with Crippen molar-refractivity contribution in [3.05, 3.63) is 83.9 Å². The minimum Gasteiger partial charge on any atom is -0.330 e. The van der Waals surface area contributed by atoms with Gasteiger partial charge < -0.3 is 5.73 Å². The monoisotopic (exact) mass is 376 g/mol. The van der Waals surface area contributed by atoms with E-state index in [1.165, 1.54) is 17.1 Å². The van der Waals surface area contributed by atoms with Crippen LogP contribution < -0.4 is 5.73 Å². The van der Waals surface area contributed by atoms with Gasteiger partial charge in [0.05, 0.1) is 0 Å². The summed E-state index contributed by atoms with van der Waals surface area (Å²) in [7, 11) is 0. The van der Waals surface area contributed by atoms with Crippen LogP contribution >= 0.6 is 0 Å². The number of amides is 2. The Bertz CT molecular complexity index is 721. The summed E-state index contributed by atoms with van der Waals surface area (Å²) in [6, 6.07) is 19.1. The zero-order chi connectivity index (χ0) is 20.0. The van der Waals surface area contributed by atoms with Gasteiger partial charge in [-0.25, -0.2) is 0 Å². The van der Waals surface area contributed by atoms with Crippen LogP contribution in [-0.2, 0) is 9.59 Å². The fourth-order valence-electron chi connectivity index (χ4n) is 2.74. The van der Waals surface area contributed by atoms with Crippen LogP contribution in [0.25, 0.3) is 12.2 Å². The molecule has 0 saturated heterocycles. The molecule has 28 heavy (non-hydrogen) atoms. The van der Waals surface area contributed by atoms with Crippen LogP contribution in [0.15, 0.2) is 72.8 Å². The van der Waals surface area contributed by atoms with Crippen molar-refractivity contribution >= 4 is 24.0 Å². The Kier molecular flexibility index (Phi) is 9.45. The largest absolute Gasteiger partial charge is 0.330 e. The molecule has 4 heteroatoms. The predicted octanol–water partition coefficient (Wildman–Crippen LogP) is 4.29. The minimum atomic E-state index is -0.301. The quantitative estimate of drug-likeness (QED) is 0.497. The third kappa shape index (κ3) is 7.72. The molecule has 0 aromatic heterocycles. The topological polar surface area (TPSA) is 63.4 Å². The van der Waals surface area contributed by atoms with Crippen molar-refractivity contribution in [2.45, 2.75) is 25.7 Å². The molecule has 0 atom stereocenters. The Balaban J connectivity index is 2.04. The number of carbonyl (C=O) groups excluding carboxylic acids is 2. The molecule has 0 aliphatic rings. The number of nitrogens with two attached hydrogens (primary N) is 1. The fourth-order valence-corrected chi connectivity index (χ4v) is 2.74. The van der Waals surface area contributed by atoms with E-state index >= 15 is 0 Å². The van der Waals surface area contributed by atoms with Crippen molar-refractivity contribution in [2.75, 3.05) is 13.1 Å². The summed E-state index contributed by atoms with van der Waals surface area (Å²) in [5, 5.41) is 0. The molecule has 0 spiro atoms. The molecule has 2 aromatic rings. The number of hydrogen-bond acceptors (Lipinski definition) is 3. The predicted molar refractivity (Wildman–Crippen MR) is 115 cm³/mol. The van der Waals surface area contributed by atoms with Crippen LogP contribution in [0.4, 0.5) is 0 Å². The number of hydrogen-bond donors (Lipinski definition) is 1. The second-order valence-corrected chi connectivity index (χ2v) is 6.52. The van der Waals surface area contributed by atoms with Gasteiger partial charge in [0.2, 0.25) is 0 Å². The molecule has 0 aliphatic heterocycles. The zero-order valence-corrected chi connectivity index (χ0v) is 16.2. The van der Waals surface area contributed by atoms with Crippen LogP contribution in [0.1, 0.15) is 36.8 Å². The van der Waals surface area contributed by atoms with Gasteiger partial charge in [-0.05, 0) is 42.7 Å². The number of rotatable bonds is 10. The third-order valence-electron chi connectivity index (χ3n) is 4.30. The fraction of sp³-hybridized carbons (Fsp3) is 0.250. The van der Waals surface area contributed by atoms with Gasteiger partial charge >= 0.3 is 0 Å². The molecule has 0 unspecified atom stereocenters. The van der Waals surface area contributed by atoms with Crippen molar-refractivity contribution in [3.8, 4) is 0 Å². The lowest BCUT2D eigenvalue weighted by Crippen LogP contribution is -2.35. The Morgan fingerprint density at radius 1 is 0.714 bits per heavy atom. The molecule has 2 N–H and O–H groups in total. The maximum atomic E-state index is 12.7. The van der Waals surface area contributed by atoms with Crippen molar-refractivity contribution in [3.63, 3.8) is 0 Å². The summed E-state index contributed by atoms with van der Waals surface area (Å²) in [6.07, 6.45) is 10.1. The van der Waals surface area contributed by atoms with E-state index in [4.69, 9.17) is 5.73 Å². The highest BCUT2D eigenvalue weighted by atomic mass is 16.2. The van der Waals surface area contributed by atoms with Crippen molar-refractivity contribution < 1.29 is 9.59 Å². The van der Waals surface area contributed by atoms with E-state index in [0.717, 1.165) is 36.8 Å². The molecule has 2 rings (SSSR count). The van der Waals surface area contributed by atoms with Gasteiger partial charge in [-0.15, -0.1) is 0 Å². The van der Waals surface area contributed by atoms with Gasteiger partial charge in [-0.1, -0.05) is 73.5 Å². The van der Waals surface area contributed by atoms with E-state index < -0.39 is 0 Å². The van der Waals surface area contributed by atoms with E-state index in [-0.39, 0.29) is 11.8 Å². The first kappa shape index (κ1) is 21.3. The maximum Gasteiger partial charge on any atom is 0.253 e. The molecular formula is C24H28N2O2. The van der Waals surface area contributed by atoms with E-state index in [2.05, 4.69) is 0 Å². The molecule has 2 amide bonds. The Labute approximate surface area is 167 Å². The van der Waals surface area contributed by atoms with Crippen LogP contribution in [0.5, 0.6) is 0 Å². The zero-order valence-electron chi connectivity index (χ0n) is 16.2. The summed E-state index contributed by atoms with van der Waals surface area (Å²) < 4.78 is 0. The molecule has 0 bridgehead atoms. The highest BCUT2D eigenvalue weighted by Gasteiger charge is 2.16. The van der Waals surface area contributed by atoms with Crippen LogP contribution in [0, 0.1) is 0 Å². The van der Waals surface area contributed by atoms with Crippen LogP contribution in [0.2, 0.25) is 0 Å². The first-order chi connectivity index (χ1) is 13.7. The van der Waals surface area contributed by atoms with Gasteiger partial charge in [0.1, 0.15) is 0 Å². The van der Waals surface area contributed by atoms with Gasteiger partial charge in [0.25, 0.3) is 11.8 Å². The first-order valence-corrected chi connectivity index (χ1v) is 9.72. The summed E-state index contributed by atoms with van der Waals surface area (Å²) in [5.41, 5.74) is 7.36. The van der Waals surface area contributed by atoms with Crippen molar-refractivity contribution in [1.82, 2.24) is 4.90 Å². The highest BCUT2D eigenvalue weighted by molar-refractivity contribution is 6.07. The van der Waals surface area contributed by atoms with Crippen LogP contribution in [0.3, 0.4) is 0 Å². The first-order valence-electron chi connectivity index (χ1n) is 9.72. The van der Waals surface area contributed by atoms with Gasteiger partial charge in [0.15, 0.2) is 0 Å². The molecule has 4 nitrogen and oxygen atoms in total. The normalized spacial score (nSPS) is 11.2. The second-order valence-electron chi connectivity index (χ2n) is 6.52. The van der Waals surface area contributed by atoms with Gasteiger partial charge in [-0.2, -0.15) is 0 Å². The maximum absolute atomic E-state index is 12.7. The highest BCUT2D eigenvalue weighted by Crippen LogP contribution is 2.08. The van der Waals surface area contributed by atoms with E-state index in [0.29, 0.717) is 13.1 Å². The minimum absolute atomic E-state index is 0.301. The summed E-state index contributed by atoms with van der Waals surface area (Å²) in [4.78, 5) is 26.6. The number of benzene rings is 2. The molecule has 0 radical (unpaired) electrons. The average molecular weight is 377 g/mol. The molecule has 0 heterocycles. The molecular weight excluding hydrogens is 348 g/mol. The van der Waals surface area contributed by atoms with E-state index in [1.807, 2.05) is 60.7 Å². The lowest BCUT2D eigenvalue weighted by Gasteiger charge is -2.17. The number of imide groups is 1. The standard InChI is InChI=1S/C24H28N2O2/c25-19-9-1-2-10-20-26(23(27)17-15-21-11-5-3-6-12-21)24(28)18-16-22-13-7-4-8-14-22/h3-8,11-18H,1-2,9-10,19-20,25H2. The van der Waals surface area contributed by atoms with Gasteiger partial charge in [0, 0.05) is 18.7 Å². The average Bonchev–Trinajstić information content (AvgIpc) is 2.74. The number of carbonyl (C=O) groups is 2. The molecule has 0 aliphatic carbocycles. The second kappa shape index (κ2) is 12.4. The molecule has 146 valence electrons. The van der Waals surface area contributed by atoms with Crippen molar-refractivity contribution in [1.29, 1.82) is 0 Å². The molecule has 0 saturated carbocycles. The Morgan fingerprint density at radius 2 is 1.18 bits per heavy atom. The number of unbranched alkanes of at least 4 members (excludes halogenated alkanes) is 3. The summed E-state index contributed by atoms with van der Waals surface area (Å²) >= 11 is 0. The van der Waals surface area contributed by atoms with E-state index in [9.17, 15) is 9.59 Å². The van der Waals surface area contributed by atoms with Crippen LogP contribution in [-0.4, -0.2) is 29.8 Å².